The quantitative estimate of drug-likeness (QED) is 0.475. The van der Waals surface area contributed by atoms with Crippen molar-refractivity contribution >= 4 is 21.6 Å². The highest BCUT2D eigenvalue weighted by molar-refractivity contribution is 7.92. The molecule has 3 aromatic carbocycles. The van der Waals surface area contributed by atoms with Crippen LogP contribution in [0.1, 0.15) is 5.56 Å². The Morgan fingerprint density at radius 1 is 0.909 bits per heavy atom. The number of carbonyl (C=O) groups is 1. The second-order valence-electron chi connectivity index (χ2n) is 7.22. The van der Waals surface area contributed by atoms with Gasteiger partial charge in [0.05, 0.1) is 24.8 Å². The third-order valence-electron chi connectivity index (χ3n) is 5.02. The molecule has 3 aromatic rings. The van der Waals surface area contributed by atoms with Gasteiger partial charge in [-0.3, -0.25) is 9.10 Å². The number of para-hydroxylation sites is 1. The minimum absolute atomic E-state index is 0.0383. The first-order valence-corrected chi connectivity index (χ1v) is 11.5. The lowest BCUT2D eigenvalue weighted by atomic mass is 10.2. The lowest BCUT2D eigenvalue weighted by Gasteiger charge is -2.27. The van der Waals surface area contributed by atoms with Crippen molar-refractivity contribution in [3.63, 3.8) is 0 Å². The Labute approximate surface area is 193 Å². The van der Waals surface area contributed by atoms with Crippen LogP contribution in [-0.2, 0) is 21.4 Å². The van der Waals surface area contributed by atoms with E-state index in [-0.39, 0.29) is 17.1 Å². The number of hydrogen-bond acceptors (Lipinski definition) is 5. The first kappa shape index (κ1) is 24.1. The van der Waals surface area contributed by atoms with E-state index >= 15 is 0 Å². The fourth-order valence-electron chi connectivity index (χ4n) is 3.26. The molecule has 0 aliphatic rings. The second-order valence-corrected chi connectivity index (χ2v) is 9.08. The average molecular weight is 473 g/mol. The molecule has 0 atom stereocenters. The number of amides is 1. The van der Waals surface area contributed by atoms with Crippen LogP contribution in [0.2, 0.25) is 0 Å². The molecule has 0 heterocycles. The zero-order chi connectivity index (χ0) is 24.0. The maximum atomic E-state index is 14.6. The van der Waals surface area contributed by atoms with Crippen molar-refractivity contribution in [1.29, 1.82) is 0 Å². The molecule has 9 heteroatoms. The Morgan fingerprint density at radius 3 is 2.18 bits per heavy atom. The summed E-state index contributed by atoms with van der Waals surface area (Å²) in [7, 11) is 0.397. The monoisotopic (exact) mass is 472 g/mol. The number of benzene rings is 3. The van der Waals surface area contributed by atoms with Crippen LogP contribution in [0.5, 0.6) is 11.5 Å². The summed E-state index contributed by atoms with van der Waals surface area (Å²) >= 11 is 0. The van der Waals surface area contributed by atoms with E-state index in [2.05, 4.69) is 0 Å². The van der Waals surface area contributed by atoms with E-state index in [0.29, 0.717) is 11.5 Å². The van der Waals surface area contributed by atoms with Gasteiger partial charge in [0.25, 0.3) is 10.0 Å². The van der Waals surface area contributed by atoms with Crippen molar-refractivity contribution in [2.75, 3.05) is 32.1 Å². The first-order valence-electron chi connectivity index (χ1n) is 10.0. The number of methoxy groups -OCH3 is 2. The van der Waals surface area contributed by atoms with E-state index in [4.69, 9.17) is 9.47 Å². The van der Waals surface area contributed by atoms with Gasteiger partial charge in [0.2, 0.25) is 5.91 Å². The van der Waals surface area contributed by atoms with Gasteiger partial charge in [-0.25, -0.2) is 12.8 Å². The van der Waals surface area contributed by atoms with Gasteiger partial charge >= 0.3 is 0 Å². The topological polar surface area (TPSA) is 76.2 Å². The molecule has 174 valence electrons. The highest BCUT2D eigenvalue weighted by atomic mass is 32.2. The number of likely N-dealkylation sites (N-methyl/N-ethyl adjacent to an activating group) is 1. The molecular weight excluding hydrogens is 447 g/mol. The van der Waals surface area contributed by atoms with Gasteiger partial charge in [0, 0.05) is 13.6 Å². The largest absolute Gasteiger partial charge is 0.493 e. The molecule has 3 rings (SSSR count). The molecule has 0 aliphatic carbocycles. The highest BCUT2D eigenvalue weighted by Gasteiger charge is 2.30. The lowest BCUT2D eigenvalue weighted by molar-refractivity contribution is -0.128. The summed E-state index contributed by atoms with van der Waals surface area (Å²) in [6.07, 6.45) is 0. The number of carbonyl (C=O) groups excluding carboxylic acids is 1. The van der Waals surface area contributed by atoms with Gasteiger partial charge in [-0.05, 0) is 42.0 Å². The standard InChI is InChI=1S/C24H25FN2O5S/c1-26(16-18-13-14-22(31-2)23(15-18)32-3)24(28)17-27(21-12-8-7-11-20(21)25)33(29,30)19-9-5-4-6-10-19/h4-15H,16-17H2,1-3H3. The van der Waals surface area contributed by atoms with Gasteiger partial charge in [-0.15, -0.1) is 0 Å². The van der Waals surface area contributed by atoms with Crippen LogP contribution < -0.4 is 13.8 Å². The molecule has 0 fully saturated rings. The molecular formula is C24H25FN2O5S. The van der Waals surface area contributed by atoms with Gasteiger partial charge < -0.3 is 14.4 Å². The summed E-state index contributed by atoms with van der Waals surface area (Å²) in [5.74, 6) is -0.190. The smallest absolute Gasteiger partial charge is 0.264 e. The molecule has 7 nitrogen and oxygen atoms in total. The van der Waals surface area contributed by atoms with Crippen LogP contribution in [0.25, 0.3) is 0 Å². The SMILES string of the molecule is COc1ccc(CN(C)C(=O)CN(c2ccccc2F)S(=O)(=O)c2ccccc2)cc1OC. The van der Waals surface area contributed by atoms with Crippen LogP contribution in [-0.4, -0.2) is 47.0 Å². The summed E-state index contributed by atoms with van der Waals surface area (Å²) in [6, 6.07) is 18.3. The molecule has 0 saturated carbocycles. The van der Waals surface area contributed by atoms with Crippen molar-refractivity contribution in [3.05, 3.63) is 84.2 Å². The van der Waals surface area contributed by atoms with E-state index in [1.165, 1.54) is 49.5 Å². The Bertz CT molecular complexity index is 1220. The van der Waals surface area contributed by atoms with Crippen molar-refractivity contribution in [2.24, 2.45) is 0 Å². The van der Waals surface area contributed by atoms with E-state index in [0.717, 1.165) is 15.9 Å². The van der Waals surface area contributed by atoms with Crippen molar-refractivity contribution in [1.82, 2.24) is 4.90 Å². The number of rotatable bonds is 9. The van der Waals surface area contributed by atoms with E-state index in [1.807, 2.05) is 0 Å². The second kappa shape index (κ2) is 10.4. The van der Waals surface area contributed by atoms with Crippen molar-refractivity contribution in [2.45, 2.75) is 11.4 Å². The summed E-state index contributed by atoms with van der Waals surface area (Å²) in [5.41, 5.74) is 0.557. The maximum absolute atomic E-state index is 14.6. The van der Waals surface area contributed by atoms with Crippen molar-refractivity contribution < 1.29 is 27.1 Å². The van der Waals surface area contributed by atoms with Gasteiger partial charge in [0.15, 0.2) is 11.5 Å². The Morgan fingerprint density at radius 2 is 1.55 bits per heavy atom. The summed E-state index contributed by atoms with van der Waals surface area (Å²) < 4.78 is 52.5. The van der Waals surface area contributed by atoms with E-state index < -0.39 is 28.3 Å². The Hall–Kier alpha value is -3.59. The van der Waals surface area contributed by atoms with Crippen LogP contribution in [0.3, 0.4) is 0 Å². The molecule has 0 bridgehead atoms. The van der Waals surface area contributed by atoms with Crippen LogP contribution in [0, 0.1) is 5.82 Å². The summed E-state index contributed by atoms with van der Waals surface area (Å²) in [4.78, 5) is 14.4. The maximum Gasteiger partial charge on any atom is 0.264 e. The lowest BCUT2D eigenvalue weighted by Crippen LogP contribution is -2.41. The number of nitrogens with zero attached hydrogens (tertiary/aromatic N) is 2. The molecule has 0 spiro atoms. The molecule has 0 radical (unpaired) electrons. The minimum Gasteiger partial charge on any atom is -0.493 e. The van der Waals surface area contributed by atoms with Gasteiger partial charge in [-0.1, -0.05) is 36.4 Å². The number of halogens is 1. The third-order valence-corrected chi connectivity index (χ3v) is 6.80. The predicted molar refractivity (Wildman–Crippen MR) is 123 cm³/mol. The third kappa shape index (κ3) is 5.43. The number of sulfonamides is 1. The minimum atomic E-state index is -4.19. The Balaban J connectivity index is 1.88. The highest BCUT2D eigenvalue weighted by Crippen LogP contribution is 2.29. The fourth-order valence-corrected chi connectivity index (χ4v) is 4.70. The molecule has 0 aromatic heterocycles. The van der Waals surface area contributed by atoms with Crippen LogP contribution >= 0.6 is 0 Å². The molecule has 0 saturated heterocycles. The Kier molecular flexibility index (Phi) is 7.55. The fraction of sp³-hybridized carbons (Fsp3) is 0.208. The first-order chi connectivity index (χ1) is 15.8. The van der Waals surface area contributed by atoms with E-state index in [1.54, 1.807) is 43.4 Å². The van der Waals surface area contributed by atoms with Crippen molar-refractivity contribution in [3.8, 4) is 11.5 Å². The summed E-state index contributed by atoms with van der Waals surface area (Å²) in [5, 5.41) is 0. The predicted octanol–water partition coefficient (Wildman–Crippen LogP) is 3.70. The zero-order valence-corrected chi connectivity index (χ0v) is 19.4. The van der Waals surface area contributed by atoms with Crippen LogP contribution in [0.4, 0.5) is 10.1 Å². The van der Waals surface area contributed by atoms with Gasteiger partial charge in [-0.2, -0.15) is 0 Å². The summed E-state index contributed by atoms with van der Waals surface area (Å²) in [6.45, 7) is -0.377. The number of hydrogen-bond donors (Lipinski definition) is 0. The molecule has 33 heavy (non-hydrogen) atoms. The molecule has 0 aliphatic heterocycles. The van der Waals surface area contributed by atoms with Crippen LogP contribution in [0.15, 0.2) is 77.7 Å². The number of ether oxygens (including phenoxy) is 2. The van der Waals surface area contributed by atoms with Gasteiger partial charge in [0.1, 0.15) is 12.4 Å². The molecule has 0 N–H and O–H groups in total. The number of anilines is 1. The zero-order valence-electron chi connectivity index (χ0n) is 18.6. The molecule has 0 unspecified atom stereocenters. The molecule has 1 amide bonds. The normalized spacial score (nSPS) is 11.0. The van der Waals surface area contributed by atoms with E-state index in [9.17, 15) is 17.6 Å². The average Bonchev–Trinajstić information content (AvgIpc) is 2.83.